The molecule has 0 aromatic heterocycles. The van der Waals surface area contributed by atoms with Gasteiger partial charge in [0.25, 0.3) is 0 Å². The van der Waals surface area contributed by atoms with Crippen molar-refractivity contribution in [1.29, 1.82) is 0 Å². The summed E-state index contributed by atoms with van der Waals surface area (Å²) < 4.78 is 13.2. The van der Waals surface area contributed by atoms with Gasteiger partial charge in [0.1, 0.15) is 5.82 Å². The lowest BCUT2D eigenvalue weighted by atomic mass is 9.85. The van der Waals surface area contributed by atoms with Gasteiger partial charge in [-0.15, -0.1) is 0 Å². The second-order valence-electron chi connectivity index (χ2n) is 6.24. The Bertz CT molecular complexity index is 703. The third-order valence-corrected chi connectivity index (χ3v) is 4.64. The first-order valence-corrected chi connectivity index (χ1v) is 8.03. The summed E-state index contributed by atoms with van der Waals surface area (Å²) in [6.45, 7) is 1.82. The molecule has 5 nitrogen and oxygen atoms in total. The first-order valence-electron chi connectivity index (χ1n) is 8.03. The standard InChI is InChI=1S/C18H19FN2O3/c1-11-6-7-12(19)10-15(11)20-16(22)8-9-21-17(23)13-4-2-3-5-14(13)18(21)24/h2-3,6-7,10,13-14H,4-5,8-9H2,1H3,(H,20,22)/t13-,14+. The molecule has 1 heterocycles. The van der Waals surface area contributed by atoms with Gasteiger partial charge in [-0.1, -0.05) is 18.2 Å². The SMILES string of the molecule is Cc1ccc(F)cc1NC(=O)CCN1C(=O)[C@H]2CC=CC[C@H]2C1=O. The smallest absolute Gasteiger partial charge is 0.233 e. The van der Waals surface area contributed by atoms with Gasteiger partial charge in [-0.2, -0.15) is 0 Å². The average Bonchev–Trinajstić information content (AvgIpc) is 2.81. The molecule has 1 saturated heterocycles. The molecule has 1 aromatic carbocycles. The molecule has 126 valence electrons. The maximum absolute atomic E-state index is 13.2. The van der Waals surface area contributed by atoms with Crippen LogP contribution in [0.3, 0.4) is 0 Å². The molecule has 2 atom stereocenters. The van der Waals surface area contributed by atoms with E-state index < -0.39 is 5.82 Å². The number of nitrogens with zero attached hydrogens (tertiary/aromatic N) is 1. The van der Waals surface area contributed by atoms with Crippen LogP contribution in [-0.2, 0) is 14.4 Å². The number of hydrogen-bond donors (Lipinski definition) is 1. The van der Waals surface area contributed by atoms with E-state index >= 15 is 0 Å². The maximum atomic E-state index is 13.2. The van der Waals surface area contributed by atoms with Gasteiger partial charge >= 0.3 is 0 Å². The Morgan fingerprint density at radius 2 is 1.83 bits per heavy atom. The highest BCUT2D eigenvalue weighted by Gasteiger charge is 2.46. The van der Waals surface area contributed by atoms with Gasteiger partial charge in [-0.3, -0.25) is 19.3 Å². The molecule has 3 rings (SSSR count). The Balaban J connectivity index is 1.59. The largest absolute Gasteiger partial charge is 0.326 e. The Hall–Kier alpha value is -2.50. The molecule has 2 aliphatic rings. The van der Waals surface area contributed by atoms with E-state index in [1.807, 2.05) is 12.2 Å². The van der Waals surface area contributed by atoms with Crippen LogP contribution in [0, 0.1) is 24.6 Å². The number of carbonyl (C=O) groups excluding carboxylic acids is 3. The third-order valence-electron chi connectivity index (χ3n) is 4.64. The number of carbonyl (C=O) groups is 3. The van der Waals surface area contributed by atoms with Crippen molar-refractivity contribution in [3.05, 3.63) is 41.7 Å². The van der Waals surface area contributed by atoms with Gasteiger partial charge in [0, 0.05) is 18.7 Å². The number of likely N-dealkylation sites (tertiary alicyclic amines) is 1. The minimum absolute atomic E-state index is 0.000300. The van der Waals surface area contributed by atoms with E-state index in [0.29, 0.717) is 18.5 Å². The van der Waals surface area contributed by atoms with Gasteiger partial charge in [-0.05, 0) is 37.5 Å². The van der Waals surface area contributed by atoms with Crippen LogP contribution in [0.15, 0.2) is 30.4 Å². The zero-order chi connectivity index (χ0) is 17.3. The molecule has 1 fully saturated rings. The minimum Gasteiger partial charge on any atom is -0.326 e. The minimum atomic E-state index is -0.433. The topological polar surface area (TPSA) is 66.5 Å². The number of aryl methyl sites for hydroxylation is 1. The summed E-state index contributed by atoms with van der Waals surface area (Å²) in [5.74, 6) is -1.73. The van der Waals surface area contributed by atoms with E-state index in [9.17, 15) is 18.8 Å². The van der Waals surface area contributed by atoms with Crippen LogP contribution in [0.4, 0.5) is 10.1 Å². The molecular weight excluding hydrogens is 311 g/mol. The van der Waals surface area contributed by atoms with Crippen LogP contribution < -0.4 is 5.32 Å². The summed E-state index contributed by atoms with van der Waals surface area (Å²) in [4.78, 5) is 37.9. The van der Waals surface area contributed by atoms with E-state index in [1.165, 1.54) is 17.0 Å². The van der Waals surface area contributed by atoms with Gasteiger partial charge in [-0.25, -0.2) is 4.39 Å². The molecule has 3 amide bonds. The summed E-state index contributed by atoms with van der Waals surface area (Å²) in [5.41, 5.74) is 1.15. The average molecular weight is 330 g/mol. The number of nitrogens with one attached hydrogen (secondary N) is 1. The number of allylic oxidation sites excluding steroid dienone is 2. The van der Waals surface area contributed by atoms with Crippen LogP contribution >= 0.6 is 0 Å². The van der Waals surface area contributed by atoms with E-state index in [-0.39, 0.29) is 42.5 Å². The molecule has 0 bridgehead atoms. The van der Waals surface area contributed by atoms with Crippen molar-refractivity contribution in [2.24, 2.45) is 11.8 Å². The summed E-state index contributed by atoms with van der Waals surface area (Å²) in [6, 6.07) is 4.15. The van der Waals surface area contributed by atoms with Crippen LogP contribution in [0.25, 0.3) is 0 Å². The Morgan fingerprint density at radius 3 is 2.46 bits per heavy atom. The number of fused-ring (bicyclic) bond motifs is 1. The van der Waals surface area contributed by atoms with Crippen LogP contribution in [0.1, 0.15) is 24.8 Å². The first kappa shape index (κ1) is 16.4. The van der Waals surface area contributed by atoms with Gasteiger partial charge in [0.15, 0.2) is 0 Å². The second-order valence-corrected chi connectivity index (χ2v) is 6.24. The highest BCUT2D eigenvalue weighted by Crippen LogP contribution is 2.35. The number of hydrogen-bond acceptors (Lipinski definition) is 3. The molecule has 1 N–H and O–H groups in total. The Labute approximate surface area is 139 Å². The number of imide groups is 1. The van der Waals surface area contributed by atoms with Crippen LogP contribution in [0.5, 0.6) is 0 Å². The van der Waals surface area contributed by atoms with Crippen molar-refractivity contribution in [3.8, 4) is 0 Å². The number of anilines is 1. The monoisotopic (exact) mass is 330 g/mol. The number of halogens is 1. The Kier molecular flexibility index (Phi) is 4.46. The van der Waals surface area contributed by atoms with Crippen molar-refractivity contribution in [2.45, 2.75) is 26.2 Å². The highest BCUT2D eigenvalue weighted by molar-refractivity contribution is 6.05. The highest BCUT2D eigenvalue weighted by atomic mass is 19.1. The summed E-state index contributed by atoms with van der Waals surface area (Å²) >= 11 is 0. The van der Waals surface area contributed by atoms with Gasteiger partial charge in [0.2, 0.25) is 17.7 Å². The van der Waals surface area contributed by atoms with Crippen molar-refractivity contribution in [3.63, 3.8) is 0 Å². The van der Waals surface area contributed by atoms with Crippen molar-refractivity contribution in [2.75, 3.05) is 11.9 Å². The molecule has 0 saturated carbocycles. The van der Waals surface area contributed by atoms with Crippen LogP contribution in [0.2, 0.25) is 0 Å². The number of rotatable bonds is 4. The third kappa shape index (κ3) is 3.09. The zero-order valence-corrected chi connectivity index (χ0v) is 13.4. The fourth-order valence-electron chi connectivity index (χ4n) is 3.24. The lowest BCUT2D eigenvalue weighted by Gasteiger charge is -2.15. The van der Waals surface area contributed by atoms with Crippen molar-refractivity contribution in [1.82, 2.24) is 4.90 Å². The van der Waals surface area contributed by atoms with E-state index in [1.54, 1.807) is 13.0 Å². The fourth-order valence-corrected chi connectivity index (χ4v) is 3.24. The van der Waals surface area contributed by atoms with Gasteiger partial charge in [0.05, 0.1) is 11.8 Å². The molecule has 1 aromatic rings. The quantitative estimate of drug-likeness (QED) is 0.681. The molecule has 1 aliphatic carbocycles. The van der Waals surface area contributed by atoms with Gasteiger partial charge < -0.3 is 5.32 Å². The summed E-state index contributed by atoms with van der Waals surface area (Å²) in [7, 11) is 0. The second kappa shape index (κ2) is 6.55. The Morgan fingerprint density at radius 1 is 1.21 bits per heavy atom. The van der Waals surface area contributed by atoms with Crippen molar-refractivity contribution < 1.29 is 18.8 Å². The molecule has 0 radical (unpaired) electrons. The lowest BCUT2D eigenvalue weighted by molar-refractivity contribution is -0.140. The molecule has 24 heavy (non-hydrogen) atoms. The summed E-state index contributed by atoms with van der Waals surface area (Å²) in [6.07, 6.45) is 5.02. The van der Waals surface area contributed by atoms with E-state index in [0.717, 1.165) is 5.56 Å². The van der Waals surface area contributed by atoms with Crippen molar-refractivity contribution >= 4 is 23.4 Å². The summed E-state index contributed by atoms with van der Waals surface area (Å²) in [5, 5.41) is 2.63. The molecule has 6 heteroatoms. The van der Waals surface area contributed by atoms with Crippen LogP contribution in [-0.4, -0.2) is 29.2 Å². The molecule has 1 aliphatic heterocycles. The molecule has 0 unspecified atom stereocenters. The molecule has 0 spiro atoms. The first-order chi connectivity index (χ1) is 11.5. The normalized spacial score (nSPS) is 22.7. The zero-order valence-electron chi connectivity index (χ0n) is 13.4. The van der Waals surface area contributed by atoms with E-state index in [2.05, 4.69) is 5.32 Å². The lowest BCUT2D eigenvalue weighted by Crippen LogP contribution is -2.34. The predicted molar refractivity (Wildman–Crippen MR) is 86.5 cm³/mol. The maximum Gasteiger partial charge on any atom is 0.233 e. The fraction of sp³-hybridized carbons (Fsp3) is 0.389. The number of amides is 3. The predicted octanol–water partition coefficient (Wildman–Crippen LogP) is 2.41. The molecular formula is C18H19FN2O3. The van der Waals surface area contributed by atoms with E-state index in [4.69, 9.17) is 0 Å². The number of benzene rings is 1.